The molecule has 0 fully saturated rings. The maximum atomic E-state index is 12.1. The number of thiophene rings is 1. The fourth-order valence-corrected chi connectivity index (χ4v) is 3.57. The van der Waals surface area contributed by atoms with Crippen molar-refractivity contribution in [2.75, 3.05) is 4.72 Å². The molecule has 1 N–H and O–H groups in total. The van der Waals surface area contributed by atoms with E-state index < -0.39 is 10.0 Å². The third-order valence-corrected chi connectivity index (χ3v) is 5.32. The molecule has 19 heavy (non-hydrogen) atoms. The minimum atomic E-state index is -3.49. The number of nitrogens with one attached hydrogen (secondary N) is 1. The van der Waals surface area contributed by atoms with Crippen LogP contribution in [0.25, 0.3) is 0 Å². The summed E-state index contributed by atoms with van der Waals surface area (Å²) in [7, 11) is -3.49. The lowest BCUT2D eigenvalue weighted by molar-refractivity contribution is 0.569. The molecule has 0 saturated heterocycles. The van der Waals surface area contributed by atoms with Gasteiger partial charge < -0.3 is 0 Å². The summed E-state index contributed by atoms with van der Waals surface area (Å²) in [6, 6.07) is 6.72. The first-order chi connectivity index (χ1) is 8.79. The number of rotatable bonds is 3. The third-order valence-electron chi connectivity index (χ3n) is 2.54. The van der Waals surface area contributed by atoms with Crippen LogP contribution in [0.2, 0.25) is 0 Å². The number of sulfonamides is 1. The van der Waals surface area contributed by atoms with Crippen molar-refractivity contribution in [1.82, 2.24) is 4.98 Å². The number of nitrogens with zero attached hydrogens (tertiary/aromatic N) is 1. The SMILES string of the molecule is CC(C)(C)c1cc(NS(=O)(=O)c2cccs2)ccn1. The fraction of sp³-hybridized carbons (Fsp3) is 0.308. The molecule has 4 nitrogen and oxygen atoms in total. The summed E-state index contributed by atoms with van der Waals surface area (Å²) < 4.78 is 27.1. The Bertz CT molecular complexity index is 656. The smallest absolute Gasteiger partial charge is 0.271 e. The maximum absolute atomic E-state index is 12.1. The van der Waals surface area contributed by atoms with Gasteiger partial charge in [0.25, 0.3) is 10.0 Å². The predicted molar refractivity (Wildman–Crippen MR) is 78.1 cm³/mol. The Balaban J connectivity index is 2.30. The second kappa shape index (κ2) is 4.94. The minimum absolute atomic E-state index is 0.121. The van der Waals surface area contributed by atoms with Crippen LogP contribution < -0.4 is 4.72 Å². The molecule has 2 heterocycles. The highest BCUT2D eigenvalue weighted by molar-refractivity contribution is 7.94. The van der Waals surface area contributed by atoms with Crippen LogP contribution in [0.1, 0.15) is 26.5 Å². The van der Waals surface area contributed by atoms with E-state index in [2.05, 4.69) is 9.71 Å². The van der Waals surface area contributed by atoms with Crippen LogP contribution in [0.15, 0.2) is 40.1 Å². The van der Waals surface area contributed by atoms with E-state index in [0.29, 0.717) is 9.90 Å². The van der Waals surface area contributed by atoms with Crippen molar-refractivity contribution in [3.63, 3.8) is 0 Å². The second-order valence-electron chi connectivity index (χ2n) is 5.22. The number of pyridine rings is 1. The predicted octanol–water partition coefficient (Wildman–Crippen LogP) is 3.24. The lowest BCUT2D eigenvalue weighted by Crippen LogP contribution is -2.16. The Morgan fingerprint density at radius 3 is 2.58 bits per heavy atom. The van der Waals surface area contributed by atoms with Gasteiger partial charge in [0, 0.05) is 17.3 Å². The average Bonchev–Trinajstić information content (AvgIpc) is 2.81. The van der Waals surface area contributed by atoms with Gasteiger partial charge in [-0.1, -0.05) is 26.8 Å². The summed E-state index contributed by atoms with van der Waals surface area (Å²) in [6.07, 6.45) is 1.62. The van der Waals surface area contributed by atoms with Crippen molar-refractivity contribution in [2.45, 2.75) is 30.4 Å². The topological polar surface area (TPSA) is 59.1 Å². The van der Waals surface area contributed by atoms with E-state index in [4.69, 9.17) is 0 Å². The van der Waals surface area contributed by atoms with Gasteiger partial charge in [-0.2, -0.15) is 0 Å². The largest absolute Gasteiger partial charge is 0.279 e. The summed E-state index contributed by atoms with van der Waals surface area (Å²) in [4.78, 5) is 4.27. The average molecular weight is 296 g/mol. The van der Waals surface area contributed by atoms with E-state index in [-0.39, 0.29) is 5.41 Å². The number of hydrogen-bond donors (Lipinski definition) is 1. The molecule has 0 spiro atoms. The maximum Gasteiger partial charge on any atom is 0.271 e. The fourth-order valence-electron chi connectivity index (χ4n) is 1.53. The molecule has 102 valence electrons. The molecule has 2 rings (SSSR count). The molecule has 0 aliphatic rings. The van der Waals surface area contributed by atoms with Crippen LogP contribution >= 0.6 is 11.3 Å². The molecule has 0 radical (unpaired) electrons. The Morgan fingerprint density at radius 2 is 2.00 bits per heavy atom. The highest BCUT2D eigenvalue weighted by Crippen LogP contribution is 2.24. The zero-order valence-electron chi connectivity index (χ0n) is 11.0. The highest BCUT2D eigenvalue weighted by atomic mass is 32.2. The third kappa shape index (κ3) is 3.33. The summed E-state index contributed by atoms with van der Waals surface area (Å²) in [5.41, 5.74) is 1.26. The van der Waals surface area contributed by atoms with Gasteiger partial charge in [0.05, 0.1) is 5.69 Å². The van der Waals surface area contributed by atoms with E-state index in [1.807, 2.05) is 20.8 Å². The molecule has 2 aromatic rings. The van der Waals surface area contributed by atoms with Crippen molar-refractivity contribution in [2.24, 2.45) is 0 Å². The van der Waals surface area contributed by atoms with E-state index >= 15 is 0 Å². The zero-order chi connectivity index (χ0) is 14.1. The van der Waals surface area contributed by atoms with Crippen LogP contribution in [0, 0.1) is 0 Å². The van der Waals surface area contributed by atoms with Gasteiger partial charge in [-0.25, -0.2) is 8.42 Å². The molecular formula is C13H16N2O2S2. The monoisotopic (exact) mass is 296 g/mol. The lowest BCUT2D eigenvalue weighted by Gasteiger charge is -2.18. The standard InChI is InChI=1S/C13H16N2O2S2/c1-13(2,3)11-9-10(6-7-14-11)15-19(16,17)12-5-4-8-18-12/h4-9H,1-3H3,(H,14,15). The second-order valence-corrected chi connectivity index (χ2v) is 8.07. The molecule has 0 aromatic carbocycles. The summed E-state index contributed by atoms with van der Waals surface area (Å²) in [5.74, 6) is 0. The van der Waals surface area contributed by atoms with Gasteiger partial charge >= 0.3 is 0 Å². The molecule has 2 aromatic heterocycles. The van der Waals surface area contributed by atoms with Crippen molar-refractivity contribution >= 4 is 27.0 Å². The first-order valence-electron chi connectivity index (χ1n) is 5.82. The van der Waals surface area contributed by atoms with E-state index in [0.717, 1.165) is 5.69 Å². The normalized spacial score (nSPS) is 12.4. The van der Waals surface area contributed by atoms with Crippen LogP contribution in [-0.2, 0) is 15.4 Å². The van der Waals surface area contributed by atoms with Crippen LogP contribution in [-0.4, -0.2) is 13.4 Å². The van der Waals surface area contributed by atoms with Crippen LogP contribution in [0.3, 0.4) is 0 Å². The molecule has 0 atom stereocenters. The van der Waals surface area contributed by atoms with Crippen LogP contribution in [0.5, 0.6) is 0 Å². The van der Waals surface area contributed by atoms with Crippen LogP contribution in [0.4, 0.5) is 5.69 Å². The van der Waals surface area contributed by atoms with E-state index in [1.165, 1.54) is 11.3 Å². The van der Waals surface area contributed by atoms with Gasteiger partial charge in [-0.15, -0.1) is 11.3 Å². The summed E-state index contributed by atoms with van der Waals surface area (Å²) >= 11 is 1.19. The quantitative estimate of drug-likeness (QED) is 0.946. The Labute approximate surface area is 117 Å². The van der Waals surface area contributed by atoms with Gasteiger partial charge in [0.15, 0.2) is 0 Å². The molecule has 0 aliphatic carbocycles. The Kier molecular flexibility index (Phi) is 3.64. The van der Waals surface area contributed by atoms with E-state index in [1.54, 1.807) is 35.8 Å². The number of hydrogen-bond acceptors (Lipinski definition) is 4. The van der Waals surface area contributed by atoms with Gasteiger partial charge in [0.1, 0.15) is 4.21 Å². The van der Waals surface area contributed by atoms with Crippen molar-refractivity contribution in [1.29, 1.82) is 0 Å². The molecule has 0 unspecified atom stereocenters. The van der Waals surface area contributed by atoms with E-state index in [9.17, 15) is 8.42 Å². The zero-order valence-corrected chi connectivity index (χ0v) is 12.7. The Morgan fingerprint density at radius 1 is 1.26 bits per heavy atom. The first-order valence-corrected chi connectivity index (χ1v) is 8.18. The minimum Gasteiger partial charge on any atom is -0.279 e. The number of aromatic nitrogens is 1. The van der Waals surface area contributed by atoms with Gasteiger partial charge in [-0.3, -0.25) is 9.71 Å². The molecular weight excluding hydrogens is 280 g/mol. The van der Waals surface area contributed by atoms with Crippen molar-refractivity contribution < 1.29 is 8.42 Å². The van der Waals surface area contributed by atoms with Gasteiger partial charge in [-0.05, 0) is 23.6 Å². The van der Waals surface area contributed by atoms with Crippen molar-refractivity contribution in [3.05, 3.63) is 41.5 Å². The lowest BCUT2D eigenvalue weighted by atomic mass is 9.91. The first kappa shape index (κ1) is 14.0. The molecule has 0 amide bonds. The molecule has 6 heteroatoms. The molecule has 0 aliphatic heterocycles. The summed E-state index contributed by atoms with van der Waals surface area (Å²) in [6.45, 7) is 6.10. The summed E-state index contributed by atoms with van der Waals surface area (Å²) in [5, 5.41) is 1.74. The Hall–Kier alpha value is -1.40. The van der Waals surface area contributed by atoms with Gasteiger partial charge in [0.2, 0.25) is 0 Å². The molecule has 0 bridgehead atoms. The van der Waals surface area contributed by atoms with Crippen molar-refractivity contribution in [3.8, 4) is 0 Å². The molecule has 0 saturated carbocycles. The number of anilines is 1. The highest BCUT2D eigenvalue weighted by Gasteiger charge is 2.18.